The maximum atomic E-state index is 13.4. The zero-order valence-corrected chi connectivity index (χ0v) is 16.9. The number of thioether (sulfide) groups is 1. The van der Waals surface area contributed by atoms with Crippen LogP contribution in [0.1, 0.15) is 19.3 Å². The Kier molecular flexibility index (Phi) is 4.56. The number of nitrogen functional groups attached to an aromatic ring is 2. The van der Waals surface area contributed by atoms with Gasteiger partial charge in [0, 0.05) is 34.2 Å². The molecule has 4 N–H and O–H groups in total. The summed E-state index contributed by atoms with van der Waals surface area (Å²) in [6.07, 6.45) is 8.18. The molecule has 0 bridgehead atoms. The molecule has 0 spiro atoms. The molecule has 0 unspecified atom stereocenters. The third kappa shape index (κ3) is 3.40. The van der Waals surface area contributed by atoms with Crippen molar-refractivity contribution in [3.8, 4) is 22.5 Å². The van der Waals surface area contributed by atoms with Crippen LogP contribution in [0.4, 0.5) is 16.0 Å². The highest BCUT2D eigenvalue weighted by Crippen LogP contribution is 2.48. The van der Waals surface area contributed by atoms with Crippen LogP contribution in [0, 0.1) is 5.82 Å². The molecule has 0 aliphatic heterocycles. The number of thiophene rings is 1. The molecule has 9 heteroatoms. The van der Waals surface area contributed by atoms with Gasteiger partial charge in [0.2, 0.25) is 5.95 Å². The van der Waals surface area contributed by atoms with Crippen LogP contribution in [0.15, 0.2) is 41.0 Å². The van der Waals surface area contributed by atoms with Gasteiger partial charge >= 0.3 is 0 Å². The third-order valence-corrected chi connectivity index (χ3v) is 7.63. The number of hydrogen-bond acceptors (Lipinski definition) is 8. The number of halogens is 1. The van der Waals surface area contributed by atoms with Crippen LogP contribution in [0.3, 0.4) is 0 Å². The van der Waals surface area contributed by atoms with Crippen molar-refractivity contribution >= 4 is 45.0 Å². The molecule has 4 heterocycles. The van der Waals surface area contributed by atoms with Crippen molar-refractivity contribution in [3.05, 3.63) is 42.6 Å². The van der Waals surface area contributed by atoms with E-state index in [2.05, 4.69) is 15.0 Å². The number of anilines is 2. The lowest BCUT2D eigenvalue weighted by Gasteiger charge is -2.23. The lowest BCUT2D eigenvalue weighted by Crippen LogP contribution is -2.12. The zero-order valence-electron chi connectivity index (χ0n) is 15.3. The summed E-state index contributed by atoms with van der Waals surface area (Å²) in [7, 11) is 0. The Morgan fingerprint density at radius 1 is 1.03 bits per heavy atom. The van der Waals surface area contributed by atoms with Crippen molar-refractivity contribution in [2.45, 2.75) is 28.7 Å². The van der Waals surface area contributed by atoms with Gasteiger partial charge in [0.15, 0.2) is 0 Å². The van der Waals surface area contributed by atoms with Gasteiger partial charge in [-0.2, -0.15) is 0 Å². The van der Waals surface area contributed by atoms with E-state index in [1.54, 1.807) is 29.8 Å². The van der Waals surface area contributed by atoms with Crippen molar-refractivity contribution in [2.24, 2.45) is 0 Å². The van der Waals surface area contributed by atoms with Crippen LogP contribution < -0.4 is 11.5 Å². The lowest BCUT2D eigenvalue weighted by molar-refractivity contribution is 0.522. The van der Waals surface area contributed by atoms with E-state index in [1.807, 2.05) is 17.8 Å². The van der Waals surface area contributed by atoms with Crippen molar-refractivity contribution < 1.29 is 4.39 Å². The Hall–Kier alpha value is -2.78. The van der Waals surface area contributed by atoms with Gasteiger partial charge in [-0.3, -0.25) is 4.98 Å². The van der Waals surface area contributed by atoms with Crippen LogP contribution in [-0.4, -0.2) is 25.2 Å². The average Bonchev–Trinajstić information content (AvgIpc) is 3.01. The van der Waals surface area contributed by atoms with Gasteiger partial charge in [-0.05, 0) is 31.0 Å². The highest BCUT2D eigenvalue weighted by molar-refractivity contribution is 8.02. The molecule has 0 aromatic carbocycles. The predicted molar refractivity (Wildman–Crippen MR) is 116 cm³/mol. The predicted octanol–water partition coefficient (Wildman–Crippen LogP) is 4.76. The summed E-state index contributed by atoms with van der Waals surface area (Å²) in [6, 6.07) is 4.95. The van der Waals surface area contributed by atoms with Crippen molar-refractivity contribution in [2.75, 3.05) is 11.5 Å². The molecule has 1 fully saturated rings. The van der Waals surface area contributed by atoms with E-state index in [1.165, 1.54) is 31.5 Å². The second-order valence-corrected chi connectivity index (χ2v) is 9.47. The van der Waals surface area contributed by atoms with Crippen LogP contribution in [0.25, 0.3) is 32.7 Å². The number of hydrogen-bond donors (Lipinski definition) is 2. The van der Waals surface area contributed by atoms with Gasteiger partial charge in [0.25, 0.3) is 0 Å². The maximum absolute atomic E-state index is 13.4. The first-order chi connectivity index (χ1) is 14.1. The first kappa shape index (κ1) is 18.3. The van der Waals surface area contributed by atoms with Gasteiger partial charge in [0.1, 0.15) is 10.6 Å². The largest absolute Gasteiger partial charge is 0.397 e. The number of pyridine rings is 2. The summed E-state index contributed by atoms with van der Waals surface area (Å²) < 4.78 is 14.5. The summed E-state index contributed by atoms with van der Waals surface area (Å²) in [5.41, 5.74) is 15.8. The van der Waals surface area contributed by atoms with Gasteiger partial charge in [0.05, 0.1) is 27.5 Å². The summed E-state index contributed by atoms with van der Waals surface area (Å²) >= 11 is 3.41. The molecule has 4 aromatic rings. The van der Waals surface area contributed by atoms with Gasteiger partial charge < -0.3 is 11.5 Å². The van der Waals surface area contributed by atoms with E-state index in [4.69, 9.17) is 16.5 Å². The number of fused-ring (bicyclic) bond motifs is 1. The summed E-state index contributed by atoms with van der Waals surface area (Å²) in [5.74, 6) is -0.180. The van der Waals surface area contributed by atoms with Crippen molar-refractivity contribution in [1.29, 1.82) is 0 Å². The second-order valence-electron chi connectivity index (χ2n) is 6.90. The number of rotatable bonds is 4. The number of nitrogens with two attached hydrogens (primary N) is 2. The highest BCUT2D eigenvalue weighted by Gasteiger charge is 2.24. The molecule has 0 saturated heterocycles. The molecular weight excluding hydrogens is 407 g/mol. The quantitative estimate of drug-likeness (QED) is 0.486. The molecule has 1 aliphatic carbocycles. The molecule has 146 valence electrons. The molecule has 1 aliphatic rings. The average molecular weight is 425 g/mol. The van der Waals surface area contributed by atoms with E-state index >= 15 is 0 Å². The zero-order chi connectivity index (χ0) is 20.0. The molecule has 0 radical (unpaired) electrons. The Labute approximate surface area is 174 Å². The monoisotopic (exact) mass is 424 g/mol. The molecular formula is C20H17FN6S2. The van der Waals surface area contributed by atoms with Crippen molar-refractivity contribution in [3.63, 3.8) is 0 Å². The molecule has 0 atom stereocenters. The summed E-state index contributed by atoms with van der Waals surface area (Å²) in [5, 5.41) is 1.47. The van der Waals surface area contributed by atoms with E-state index in [9.17, 15) is 4.39 Å². The van der Waals surface area contributed by atoms with E-state index in [-0.39, 0.29) is 11.8 Å². The fourth-order valence-electron chi connectivity index (χ4n) is 3.18. The number of aromatic nitrogens is 4. The van der Waals surface area contributed by atoms with E-state index in [0.29, 0.717) is 16.6 Å². The second kappa shape index (κ2) is 7.23. The molecule has 29 heavy (non-hydrogen) atoms. The Morgan fingerprint density at radius 3 is 2.48 bits per heavy atom. The lowest BCUT2D eigenvalue weighted by atomic mass is 10.0. The van der Waals surface area contributed by atoms with Gasteiger partial charge in [-0.25, -0.2) is 19.3 Å². The van der Waals surface area contributed by atoms with Crippen LogP contribution in [-0.2, 0) is 0 Å². The SMILES string of the molecule is Nc1ncc(-c2cc(-c3ccc(F)cn3)c3c(N)c(SC4CCC4)sc3n2)cn1. The molecule has 0 amide bonds. The minimum Gasteiger partial charge on any atom is -0.397 e. The highest BCUT2D eigenvalue weighted by atomic mass is 32.2. The maximum Gasteiger partial charge on any atom is 0.219 e. The van der Waals surface area contributed by atoms with Crippen LogP contribution in [0.2, 0.25) is 0 Å². The van der Waals surface area contributed by atoms with Crippen molar-refractivity contribution in [1.82, 2.24) is 19.9 Å². The van der Waals surface area contributed by atoms with Crippen LogP contribution in [0.5, 0.6) is 0 Å². The standard InChI is InChI=1S/C20H17FN6S2/c21-11-4-5-14(24-9-11)13-6-15(10-7-25-20(23)26-8-10)27-18-16(13)17(22)19(29-18)28-12-2-1-3-12/h4-9,12H,1-3,22H2,(H2,23,25,26). The Balaban J connectivity index is 1.71. The minimum absolute atomic E-state index is 0.204. The minimum atomic E-state index is -0.384. The Morgan fingerprint density at radius 2 is 1.83 bits per heavy atom. The van der Waals surface area contributed by atoms with E-state index < -0.39 is 0 Å². The first-order valence-electron chi connectivity index (χ1n) is 9.18. The molecule has 5 rings (SSSR count). The van der Waals surface area contributed by atoms with Gasteiger partial charge in [-0.1, -0.05) is 6.42 Å². The topological polar surface area (TPSA) is 104 Å². The smallest absolute Gasteiger partial charge is 0.219 e. The molecule has 6 nitrogen and oxygen atoms in total. The Bertz CT molecular complexity index is 1190. The molecule has 1 saturated carbocycles. The normalized spacial score (nSPS) is 14.2. The fourth-order valence-corrected chi connectivity index (χ4v) is 5.98. The first-order valence-corrected chi connectivity index (χ1v) is 10.9. The summed E-state index contributed by atoms with van der Waals surface area (Å²) in [6.45, 7) is 0. The van der Waals surface area contributed by atoms with Crippen LogP contribution >= 0.6 is 23.1 Å². The third-order valence-electron chi connectivity index (χ3n) is 4.96. The summed E-state index contributed by atoms with van der Waals surface area (Å²) in [4.78, 5) is 18.0. The fraction of sp³-hybridized carbons (Fsp3) is 0.200. The van der Waals surface area contributed by atoms with Gasteiger partial charge in [-0.15, -0.1) is 23.1 Å². The van der Waals surface area contributed by atoms with E-state index in [0.717, 1.165) is 31.2 Å². The molecule has 4 aromatic heterocycles. The number of nitrogens with zero attached hydrogens (tertiary/aromatic N) is 4.